The maximum atomic E-state index is 11.3. The van der Waals surface area contributed by atoms with Gasteiger partial charge in [0.15, 0.2) is 0 Å². The average molecular weight is 289 g/mol. The molecule has 1 aromatic rings. The lowest BCUT2D eigenvalue weighted by Gasteiger charge is -2.22. The minimum Gasteiger partial charge on any atom is -0.229 e. The molecule has 1 aliphatic heterocycles. The normalized spacial score (nSPS) is 21.4. The molecule has 2 rings (SSSR count). The van der Waals surface area contributed by atoms with Crippen LogP contribution < -0.4 is 0 Å². The highest BCUT2D eigenvalue weighted by atomic mass is 79.9. The standard InChI is InChI=1S/C11H13BrO2S/c12-11-3-1-9(2-4-11)10-5-7-15(13,14)8-6-10/h1-4,10H,5-8H2. The van der Waals surface area contributed by atoms with Gasteiger partial charge in [-0.2, -0.15) is 0 Å². The maximum Gasteiger partial charge on any atom is 0.150 e. The fraction of sp³-hybridized carbons (Fsp3) is 0.455. The zero-order valence-corrected chi connectivity index (χ0v) is 10.7. The summed E-state index contributed by atoms with van der Waals surface area (Å²) in [6.07, 6.45) is 1.54. The predicted molar refractivity (Wildman–Crippen MR) is 64.8 cm³/mol. The van der Waals surface area contributed by atoms with Gasteiger partial charge in [0, 0.05) is 4.47 Å². The summed E-state index contributed by atoms with van der Waals surface area (Å²) in [5, 5.41) is 0. The molecule has 0 amide bonds. The van der Waals surface area contributed by atoms with Crippen molar-refractivity contribution in [3.63, 3.8) is 0 Å². The van der Waals surface area contributed by atoms with Gasteiger partial charge in [0.25, 0.3) is 0 Å². The van der Waals surface area contributed by atoms with Crippen molar-refractivity contribution in [3.05, 3.63) is 34.3 Å². The Hall–Kier alpha value is -0.350. The average Bonchev–Trinajstić information content (AvgIpc) is 2.20. The SMILES string of the molecule is O=S1(=O)CCC(c2ccc(Br)cc2)CC1. The van der Waals surface area contributed by atoms with Crippen LogP contribution in [0.15, 0.2) is 28.7 Å². The molecule has 2 nitrogen and oxygen atoms in total. The third-order valence-electron chi connectivity index (χ3n) is 2.90. The molecule has 1 aromatic carbocycles. The second-order valence-corrected chi connectivity index (χ2v) is 7.20. The Labute approximate surface area is 98.7 Å². The number of rotatable bonds is 1. The molecule has 0 spiro atoms. The first-order valence-corrected chi connectivity index (χ1v) is 7.64. The van der Waals surface area contributed by atoms with Crippen LogP contribution in [0, 0.1) is 0 Å². The third kappa shape index (κ3) is 2.82. The van der Waals surface area contributed by atoms with Gasteiger partial charge in [0.2, 0.25) is 0 Å². The monoisotopic (exact) mass is 288 g/mol. The lowest BCUT2D eigenvalue weighted by molar-refractivity contribution is 0.550. The van der Waals surface area contributed by atoms with Crippen molar-refractivity contribution < 1.29 is 8.42 Å². The van der Waals surface area contributed by atoms with E-state index in [1.807, 2.05) is 12.1 Å². The van der Waals surface area contributed by atoms with Gasteiger partial charge in [-0.3, -0.25) is 0 Å². The molecule has 0 bridgehead atoms. The van der Waals surface area contributed by atoms with Gasteiger partial charge in [-0.25, -0.2) is 8.42 Å². The molecule has 0 aromatic heterocycles. The number of halogens is 1. The number of hydrogen-bond donors (Lipinski definition) is 0. The summed E-state index contributed by atoms with van der Waals surface area (Å²) in [4.78, 5) is 0. The first-order valence-electron chi connectivity index (χ1n) is 5.03. The van der Waals surface area contributed by atoms with E-state index in [1.165, 1.54) is 5.56 Å². The Kier molecular flexibility index (Phi) is 3.16. The Morgan fingerprint density at radius 2 is 1.60 bits per heavy atom. The molecular weight excluding hydrogens is 276 g/mol. The van der Waals surface area contributed by atoms with Gasteiger partial charge in [0.1, 0.15) is 9.84 Å². The van der Waals surface area contributed by atoms with E-state index >= 15 is 0 Å². The van der Waals surface area contributed by atoms with Crippen LogP contribution in [-0.4, -0.2) is 19.9 Å². The highest BCUT2D eigenvalue weighted by molar-refractivity contribution is 9.10. The summed E-state index contributed by atoms with van der Waals surface area (Å²) in [6.45, 7) is 0. The largest absolute Gasteiger partial charge is 0.229 e. The van der Waals surface area contributed by atoms with Crippen molar-refractivity contribution in [2.75, 3.05) is 11.5 Å². The van der Waals surface area contributed by atoms with Crippen molar-refractivity contribution in [2.24, 2.45) is 0 Å². The van der Waals surface area contributed by atoms with E-state index < -0.39 is 9.84 Å². The molecule has 1 aliphatic rings. The summed E-state index contributed by atoms with van der Waals surface area (Å²) in [5.74, 6) is 1.10. The molecule has 82 valence electrons. The van der Waals surface area contributed by atoms with Crippen molar-refractivity contribution in [3.8, 4) is 0 Å². The second-order valence-electron chi connectivity index (χ2n) is 3.98. The molecule has 0 aliphatic carbocycles. The molecule has 0 saturated carbocycles. The van der Waals surface area contributed by atoms with Crippen LogP contribution in [0.5, 0.6) is 0 Å². The molecular formula is C11H13BrO2S. The minimum absolute atomic E-state index is 0.341. The third-order valence-corrected chi connectivity index (χ3v) is 5.14. The highest BCUT2D eigenvalue weighted by Crippen LogP contribution is 2.29. The van der Waals surface area contributed by atoms with E-state index in [9.17, 15) is 8.42 Å². The van der Waals surface area contributed by atoms with Gasteiger partial charge in [-0.05, 0) is 36.5 Å². The fourth-order valence-electron chi connectivity index (χ4n) is 1.96. The predicted octanol–water partition coefficient (Wildman–Crippen LogP) is 2.74. The van der Waals surface area contributed by atoms with E-state index in [0.717, 1.165) is 17.3 Å². The first kappa shape index (κ1) is 11.1. The molecule has 1 fully saturated rings. The second kappa shape index (κ2) is 4.26. The Bertz CT molecular complexity index is 422. The topological polar surface area (TPSA) is 34.1 Å². The molecule has 1 saturated heterocycles. The van der Waals surface area contributed by atoms with Gasteiger partial charge < -0.3 is 0 Å². The number of hydrogen-bond acceptors (Lipinski definition) is 2. The van der Waals surface area contributed by atoms with E-state index in [4.69, 9.17) is 0 Å². The van der Waals surface area contributed by atoms with Crippen LogP contribution in [0.1, 0.15) is 24.3 Å². The highest BCUT2D eigenvalue weighted by Gasteiger charge is 2.24. The molecule has 0 unspecified atom stereocenters. The first-order chi connectivity index (χ1) is 7.07. The van der Waals surface area contributed by atoms with Gasteiger partial charge >= 0.3 is 0 Å². The van der Waals surface area contributed by atoms with E-state index in [-0.39, 0.29) is 0 Å². The minimum atomic E-state index is -2.74. The van der Waals surface area contributed by atoms with Gasteiger partial charge in [0.05, 0.1) is 11.5 Å². The number of benzene rings is 1. The molecule has 0 N–H and O–H groups in total. The zero-order chi connectivity index (χ0) is 10.9. The quantitative estimate of drug-likeness (QED) is 0.796. The van der Waals surface area contributed by atoms with Crippen LogP contribution in [-0.2, 0) is 9.84 Å². The molecule has 0 radical (unpaired) electrons. The van der Waals surface area contributed by atoms with Gasteiger partial charge in [-0.1, -0.05) is 28.1 Å². The van der Waals surface area contributed by atoms with Crippen LogP contribution in [0.3, 0.4) is 0 Å². The number of sulfone groups is 1. The summed E-state index contributed by atoms with van der Waals surface area (Å²) >= 11 is 3.39. The lowest BCUT2D eigenvalue weighted by Crippen LogP contribution is -2.22. The van der Waals surface area contributed by atoms with Crippen LogP contribution in [0.25, 0.3) is 0 Å². The lowest BCUT2D eigenvalue weighted by atomic mass is 9.94. The van der Waals surface area contributed by atoms with Crippen LogP contribution in [0.2, 0.25) is 0 Å². The van der Waals surface area contributed by atoms with Crippen molar-refractivity contribution >= 4 is 25.8 Å². The summed E-state index contributed by atoms with van der Waals surface area (Å²) in [6, 6.07) is 8.18. The molecule has 15 heavy (non-hydrogen) atoms. The Morgan fingerprint density at radius 1 is 1.07 bits per heavy atom. The fourth-order valence-corrected chi connectivity index (χ4v) is 3.71. The van der Waals surface area contributed by atoms with Crippen LogP contribution in [0.4, 0.5) is 0 Å². The summed E-state index contributed by atoms with van der Waals surface area (Å²) < 4.78 is 23.6. The van der Waals surface area contributed by atoms with E-state index in [1.54, 1.807) is 0 Å². The summed E-state index contributed by atoms with van der Waals surface area (Å²) in [5.41, 5.74) is 1.26. The summed E-state index contributed by atoms with van der Waals surface area (Å²) in [7, 11) is -2.74. The molecule has 4 heteroatoms. The van der Waals surface area contributed by atoms with E-state index in [0.29, 0.717) is 17.4 Å². The van der Waals surface area contributed by atoms with Gasteiger partial charge in [-0.15, -0.1) is 0 Å². The smallest absolute Gasteiger partial charge is 0.150 e. The Balaban J connectivity index is 2.11. The zero-order valence-electron chi connectivity index (χ0n) is 8.32. The Morgan fingerprint density at radius 3 is 2.13 bits per heavy atom. The van der Waals surface area contributed by atoms with Crippen molar-refractivity contribution in [2.45, 2.75) is 18.8 Å². The van der Waals surface area contributed by atoms with Crippen molar-refractivity contribution in [1.82, 2.24) is 0 Å². The molecule has 1 heterocycles. The van der Waals surface area contributed by atoms with Crippen molar-refractivity contribution in [1.29, 1.82) is 0 Å². The van der Waals surface area contributed by atoms with Crippen LogP contribution >= 0.6 is 15.9 Å². The maximum absolute atomic E-state index is 11.3. The van der Waals surface area contributed by atoms with E-state index in [2.05, 4.69) is 28.1 Å². The molecule has 0 atom stereocenters.